The molecule has 0 amide bonds. The van der Waals surface area contributed by atoms with Crippen LogP contribution in [0.3, 0.4) is 0 Å². The largest absolute Gasteiger partial charge is 0.391 e. The molecule has 7 heteroatoms. The highest BCUT2D eigenvalue weighted by atomic mass is 35.5. The van der Waals surface area contributed by atoms with E-state index in [1.807, 2.05) is 13.8 Å². The molecule has 0 heterocycles. The minimum Gasteiger partial charge on any atom is -0.391 e. The number of hydrogen-bond acceptors (Lipinski definition) is 3. The van der Waals surface area contributed by atoms with E-state index >= 15 is 0 Å². The molecule has 2 N–H and O–H groups in total. The third-order valence-corrected chi connectivity index (χ3v) is 4.76. The van der Waals surface area contributed by atoms with Crippen LogP contribution in [0.5, 0.6) is 0 Å². The Morgan fingerprint density at radius 3 is 2.65 bits per heavy atom. The van der Waals surface area contributed by atoms with Crippen molar-refractivity contribution in [3.05, 3.63) is 34.6 Å². The van der Waals surface area contributed by atoms with Crippen LogP contribution < -0.4 is 4.72 Å². The minimum absolute atomic E-state index is 0.0120. The van der Waals surface area contributed by atoms with Gasteiger partial charge in [-0.15, -0.1) is 0 Å². The second-order valence-electron chi connectivity index (χ2n) is 4.81. The first-order valence-corrected chi connectivity index (χ1v) is 8.37. The van der Waals surface area contributed by atoms with Crippen LogP contribution in [0.1, 0.15) is 25.8 Å². The van der Waals surface area contributed by atoms with E-state index < -0.39 is 21.9 Å². The molecule has 2 atom stereocenters. The highest BCUT2D eigenvalue weighted by Crippen LogP contribution is 2.17. The normalized spacial score (nSPS) is 15.1. The van der Waals surface area contributed by atoms with Gasteiger partial charge in [0.05, 0.1) is 16.9 Å². The molecular weight excluding hydrogens is 305 g/mol. The summed E-state index contributed by atoms with van der Waals surface area (Å²) in [5.41, 5.74) is 0.391. The maximum atomic E-state index is 13.0. The summed E-state index contributed by atoms with van der Waals surface area (Å²) in [5, 5.41) is 9.62. The Labute approximate surface area is 124 Å². The number of aliphatic hydroxyl groups is 1. The molecule has 1 aromatic rings. The van der Waals surface area contributed by atoms with Gasteiger partial charge in [0, 0.05) is 6.54 Å². The molecule has 0 fully saturated rings. The minimum atomic E-state index is -3.59. The molecule has 0 aliphatic rings. The topological polar surface area (TPSA) is 66.4 Å². The Balaban J connectivity index is 2.63. The first-order valence-electron chi connectivity index (χ1n) is 6.34. The van der Waals surface area contributed by atoms with Crippen LogP contribution in [-0.4, -0.2) is 26.2 Å². The summed E-state index contributed by atoms with van der Waals surface area (Å²) in [6.07, 6.45) is 0.0304. The van der Waals surface area contributed by atoms with E-state index in [0.717, 1.165) is 12.5 Å². The highest BCUT2D eigenvalue weighted by molar-refractivity contribution is 7.88. The number of sulfonamides is 1. The summed E-state index contributed by atoms with van der Waals surface area (Å²) in [6.45, 7) is 3.73. The van der Waals surface area contributed by atoms with Crippen molar-refractivity contribution < 1.29 is 17.9 Å². The molecule has 0 saturated heterocycles. The van der Waals surface area contributed by atoms with Gasteiger partial charge in [0.1, 0.15) is 5.82 Å². The Bertz CT molecular complexity index is 551. The average Bonchev–Trinajstić information content (AvgIpc) is 2.39. The fourth-order valence-corrected chi connectivity index (χ4v) is 2.93. The van der Waals surface area contributed by atoms with Crippen molar-refractivity contribution in [2.24, 2.45) is 5.92 Å². The molecule has 0 radical (unpaired) electrons. The molecular formula is C13H19ClFNO3S. The third-order valence-electron chi connectivity index (χ3n) is 3.15. The van der Waals surface area contributed by atoms with Crippen molar-refractivity contribution in [1.82, 2.24) is 4.72 Å². The zero-order valence-corrected chi connectivity index (χ0v) is 13.0. The third kappa shape index (κ3) is 5.36. The van der Waals surface area contributed by atoms with Gasteiger partial charge < -0.3 is 5.11 Å². The van der Waals surface area contributed by atoms with Crippen LogP contribution in [0.2, 0.25) is 5.02 Å². The van der Waals surface area contributed by atoms with E-state index in [1.165, 1.54) is 12.1 Å². The number of benzene rings is 1. The fourth-order valence-electron chi connectivity index (χ4n) is 1.59. The van der Waals surface area contributed by atoms with E-state index in [4.69, 9.17) is 11.6 Å². The standard InChI is InChI=1S/C13H19ClFNO3S/c1-3-9(2)13(17)7-16-20(18,19)8-10-4-5-12(15)11(14)6-10/h4-6,9,13,16-17H,3,7-8H2,1-2H3. The molecule has 0 aromatic heterocycles. The maximum absolute atomic E-state index is 13.0. The maximum Gasteiger partial charge on any atom is 0.215 e. The number of aliphatic hydroxyl groups excluding tert-OH is 1. The van der Waals surface area contributed by atoms with E-state index in [2.05, 4.69) is 4.72 Å². The number of hydrogen-bond donors (Lipinski definition) is 2. The predicted octanol–water partition coefficient (Wildman–Crippen LogP) is 2.31. The van der Waals surface area contributed by atoms with Crippen molar-refractivity contribution in [2.45, 2.75) is 32.1 Å². The molecule has 4 nitrogen and oxygen atoms in total. The van der Waals surface area contributed by atoms with Crippen molar-refractivity contribution in [1.29, 1.82) is 0 Å². The van der Waals surface area contributed by atoms with E-state index in [9.17, 15) is 17.9 Å². The number of halogens is 2. The summed E-state index contributed by atoms with van der Waals surface area (Å²) >= 11 is 5.60. The van der Waals surface area contributed by atoms with Gasteiger partial charge in [0.25, 0.3) is 0 Å². The quantitative estimate of drug-likeness (QED) is 0.809. The van der Waals surface area contributed by atoms with Gasteiger partial charge in [-0.1, -0.05) is 37.9 Å². The smallest absolute Gasteiger partial charge is 0.215 e. The molecule has 20 heavy (non-hydrogen) atoms. The van der Waals surface area contributed by atoms with Crippen LogP contribution in [0.25, 0.3) is 0 Å². The summed E-state index contributed by atoms with van der Waals surface area (Å²) in [4.78, 5) is 0. The zero-order valence-electron chi connectivity index (χ0n) is 11.4. The molecule has 1 aromatic carbocycles. The molecule has 0 aliphatic carbocycles. The summed E-state index contributed by atoms with van der Waals surface area (Å²) in [6, 6.07) is 3.77. The van der Waals surface area contributed by atoms with E-state index in [-0.39, 0.29) is 23.2 Å². The molecule has 0 bridgehead atoms. The van der Waals surface area contributed by atoms with Crippen LogP contribution in [0, 0.1) is 11.7 Å². The van der Waals surface area contributed by atoms with Crippen molar-refractivity contribution >= 4 is 21.6 Å². The summed E-state index contributed by atoms with van der Waals surface area (Å²) in [5.74, 6) is -0.883. The van der Waals surface area contributed by atoms with Crippen LogP contribution in [0.4, 0.5) is 4.39 Å². The lowest BCUT2D eigenvalue weighted by molar-refractivity contribution is 0.118. The van der Waals surface area contributed by atoms with Gasteiger partial charge >= 0.3 is 0 Å². The van der Waals surface area contributed by atoms with Crippen LogP contribution in [-0.2, 0) is 15.8 Å². The number of nitrogens with one attached hydrogen (secondary N) is 1. The fraction of sp³-hybridized carbons (Fsp3) is 0.538. The molecule has 2 unspecified atom stereocenters. The lowest BCUT2D eigenvalue weighted by Gasteiger charge is -2.17. The summed E-state index contributed by atoms with van der Waals surface area (Å²) < 4.78 is 39.0. The Morgan fingerprint density at radius 2 is 2.10 bits per heavy atom. The van der Waals surface area contributed by atoms with Gasteiger partial charge in [-0.3, -0.25) is 0 Å². The molecule has 0 saturated carbocycles. The van der Waals surface area contributed by atoms with Crippen molar-refractivity contribution in [3.8, 4) is 0 Å². The number of rotatable bonds is 7. The van der Waals surface area contributed by atoms with Crippen LogP contribution in [0.15, 0.2) is 18.2 Å². The van der Waals surface area contributed by atoms with Crippen molar-refractivity contribution in [3.63, 3.8) is 0 Å². The second-order valence-corrected chi connectivity index (χ2v) is 7.02. The van der Waals surface area contributed by atoms with Gasteiger partial charge in [0.15, 0.2) is 0 Å². The first kappa shape index (κ1) is 17.4. The zero-order chi connectivity index (χ0) is 15.3. The highest BCUT2D eigenvalue weighted by Gasteiger charge is 2.17. The molecule has 1 rings (SSSR count). The summed E-state index contributed by atoms with van der Waals surface area (Å²) in [7, 11) is -3.59. The Hall–Kier alpha value is -0.690. The lowest BCUT2D eigenvalue weighted by Crippen LogP contribution is -2.36. The predicted molar refractivity (Wildman–Crippen MR) is 77.5 cm³/mol. The van der Waals surface area contributed by atoms with Crippen LogP contribution >= 0.6 is 11.6 Å². The average molecular weight is 324 g/mol. The second kappa shape index (κ2) is 7.36. The van der Waals surface area contributed by atoms with Gasteiger partial charge in [-0.05, 0) is 23.6 Å². The lowest BCUT2D eigenvalue weighted by atomic mass is 10.0. The monoisotopic (exact) mass is 323 g/mol. The first-order chi connectivity index (χ1) is 9.25. The molecule has 0 spiro atoms. The van der Waals surface area contributed by atoms with Gasteiger partial charge in [0.2, 0.25) is 10.0 Å². The molecule has 0 aliphatic heterocycles. The van der Waals surface area contributed by atoms with Gasteiger partial charge in [-0.2, -0.15) is 0 Å². The van der Waals surface area contributed by atoms with E-state index in [1.54, 1.807) is 0 Å². The van der Waals surface area contributed by atoms with Gasteiger partial charge in [-0.25, -0.2) is 17.5 Å². The molecule has 114 valence electrons. The van der Waals surface area contributed by atoms with Crippen molar-refractivity contribution in [2.75, 3.05) is 6.54 Å². The van der Waals surface area contributed by atoms with E-state index in [0.29, 0.717) is 5.56 Å². The Kier molecular flexibility index (Phi) is 6.39. The Morgan fingerprint density at radius 1 is 1.45 bits per heavy atom. The SMILES string of the molecule is CCC(C)C(O)CNS(=O)(=O)Cc1ccc(F)c(Cl)c1.